The molecule has 2 aromatic rings. The number of nitrogens with one attached hydrogen (secondary N) is 1. The Morgan fingerprint density at radius 3 is 2.48 bits per heavy atom. The lowest BCUT2D eigenvalue weighted by Gasteiger charge is -2.16. The van der Waals surface area contributed by atoms with Crippen LogP contribution in [0.1, 0.15) is 17.0 Å². The number of rotatable bonds is 5. The maximum Gasteiger partial charge on any atom is 0.433 e. The molecule has 2 rings (SSSR count). The Morgan fingerprint density at radius 2 is 1.91 bits per heavy atom. The SMILES string of the molecule is Cc1cc(C(F)(F)F)nc(N[C@H](Cc2ccccc2)C(=O)O)n1. The molecule has 1 aromatic carbocycles. The van der Waals surface area contributed by atoms with Crippen molar-refractivity contribution in [1.29, 1.82) is 0 Å². The molecule has 0 spiro atoms. The predicted octanol–water partition coefficient (Wildman–Crippen LogP) is 2.91. The molecule has 0 unspecified atom stereocenters. The van der Waals surface area contributed by atoms with Crippen LogP contribution in [0.25, 0.3) is 0 Å². The third-order valence-corrected chi connectivity index (χ3v) is 3.03. The number of benzene rings is 1. The first kappa shape index (κ1) is 16.7. The molecule has 0 fully saturated rings. The van der Waals surface area contributed by atoms with Gasteiger partial charge in [-0.3, -0.25) is 0 Å². The molecule has 1 atom stereocenters. The number of nitrogens with zero attached hydrogens (tertiary/aromatic N) is 2. The largest absolute Gasteiger partial charge is 0.480 e. The van der Waals surface area contributed by atoms with Crippen LogP contribution in [0.5, 0.6) is 0 Å². The summed E-state index contributed by atoms with van der Waals surface area (Å²) >= 11 is 0. The number of halogens is 3. The Labute approximate surface area is 130 Å². The maximum atomic E-state index is 12.8. The minimum atomic E-state index is -4.62. The van der Waals surface area contributed by atoms with Crippen molar-refractivity contribution in [3.05, 3.63) is 53.3 Å². The van der Waals surface area contributed by atoms with E-state index >= 15 is 0 Å². The van der Waals surface area contributed by atoms with Crippen molar-refractivity contribution in [3.8, 4) is 0 Å². The number of carbonyl (C=O) groups is 1. The van der Waals surface area contributed by atoms with Crippen molar-refractivity contribution in [2.45, 2.75) is 25.6 Å². The molecule has 0 saturated heterocycles. The average Bonchev–Trinajstić information content (AvgIpc) is 2.46. The zero-order chi connectivity index (χ0) is 17.0. The molecular formula is C15H14F3N3O2. The second-order valence-corrected chi connectivity index (χ2v) is 4.94. The number of carboxylic acid groups (broad SMARTS) is 1. The molecule has 8 heteroatoms. The van der Waals surface area contributed by atoms with Gasteiger partial charge in [-0.15, -0.1) is 0 Å². The Morgan fingerprint density at radius 1 is 1.26 bits per heavy atom. The molecule has 5 nitrogen and oxygen atoms in total. The minimum absolute atomic E-state index is 0.0921. The number of alkyl halides is 3. The number of hydrogen-bond donors (Lipinski definition) is 2. The maximum absolute atomic E-state index is 12.8. The van der Waals surface area contributed by atoms with Crippen molar-refractivity contribution in [2.24, 2.45) is 0 Å². The quantitative estimate of drug-likeness (QED) is 0.884. The normalized spacial score (nSPS) is 12.7. The minimum Gasteiger partial charge on any atom is -0.480 e. The van der Waals surface area contributed by atoms with Gasteiger partial charge >= 0.3 is 12.1 Å². The van der Waals surface area contributed by atoms with E-state index in [1.54, 1.807) is 30.3 Å². The number of aliphatic carboxylic acids is 1. The summed E-state index contributed by atoms with van der Waals surface area (Å²) in [5.41, 5.74) is -0.286. The summed E-state index contributed by atoms with van der Waals surface area (Å²) in [5, 5.41) is 11.7. The fourth-order valence-corrected chi connectivity index (χ4v) is 1.98. The van der Waals surface area contributed by atoms with Crippen LogP contribution in [-0.4, -0.2) is 27.1 Å². The van der Waals surface area contributed by atoms with Gasteiger partial charge in [0.1, 0.15) is 11.7 Å². The first-order valence-corrected chi connectivity index (χ1v) is 6.72. The van der Waals surface area contributed by atoms with E-state index in [4.69, 9.17) is 0 Å². The van der Waals surface area contributed by atoms with E-state index in [-0.39, 0.29) is 18.1 Å². The summed E-state index contributed by atoms with van der Waals surface area (Å²) in [6, 6.07) is 8.41. The Hall–Kier alpha value is -2.64. The van der Waals surface area contributed by atoms with Gasteiger partial charge in [-0.2, -0.15) is 13.2 Å². The topological polar surface area (TPSA) is 75.1 Å². The summed E-state index contributed by atoms with van der Waals surface area (Å²) in [4.78, 5) is 18.5. The summed E-state index contributed by atoms with van der Waals surface area (Å²) in [7, 11) is 0. The zero-order valence-corrected chi connectivity index (χ0v) is 12.1. The molecule has 1 aromatic heterocycles. The molecule has 0 aliphatic carbocycles. The lowest BCUT2D eigenvalue weighted by molar-refractivity contribution is -0.141. The zero-order valence-electron chi connectivity index (χ0n) is 12.1. The lowest BCUT2D eigenvalue weighted by atomic mass is 10.1. The summed E-state index contributed by atoms with van der Waals surface area (Å²) in [6.45, 7) is 1.38. The molecular weight excluding hydrogens is 311 g/mol. The van der Waals surface area contributed by atoms with E-state index in [9.17, 15) is 23.1 Å². The highest BCUT2D eigenvalue weighted by molar-refractivity contribution is 5.77. The van der Waals surface area contributed by atoms with Gasteiger partial charge in [-0.05, 0) is 18.6 Å². The van der Waals surface area contributed by atoms with Gasteiger partial charge in [0.25, 0.3) is 0 Å². The van der Waals surface area contributed by atoms with E-state index in [0.717, 1.165) is 11.6 Å². The summed E-state index contributed by atoms with van der Waals surface area (Å²) in [5.74, 6) is -1.56. The van der Waals surface area contributed by atoms with E-state index < -0.39 is 23.9 Å². The van der Waals surface area contributed by atoms with Crippen molar-refractivity contribution in [1.82, 2.24) is 9.97 Å². The average molecular weight is 325 g/mol. The molecule has 2 N–H and O–H groups in total. The van der Waals surface area contributed by atoms with Gasteiger partial charge in [-0.25, -0.2) is 14.8 Å². The Balaban J connectivity index is 2.23. The molecule has 0 radical (unpaired) electrons. The van der Waals surface area contributed by atoms with E-state index in [0.29, 0.717) is 0 Å². The Bertz CT molecular complexity index is 690. The molecule has 0 aliphatic heterocycles. The molecule has 23 heavy (non-hydrogen) atoms. The fraction of sp³-hybridized carbons (Fsp3) is 0.267. The van der Waals surface area contributed by atoms with Crippen LogP contribution in [0.4, 0.5) is 19.1 Å². The predicted molar refractivity (Wildman–Crippen MR) is 77.0 cm³/mol. The molecule has 1 heterocycles. The summed E-state index contributed by atoms with van der Waals surface area (Å²) < 4.78 is 38.3. The van der Waals surface area contributed by atoms with Crippen LogP contribution in [0.3, 0.4) is 0 Å². The van der Waals surface area contributed by atoms with Gasteiger partial charge in [-0.1, -0.05) is 30.3 Å². The smallest absolute Gasteiger partial charge is 0.433 e. The van der Waals surface area contributed by atoms with Crippen molar-refractivity contribution in [2.75, 3.05) is 5.32 Å². The van der Waals surface area contributed by atoms with Gasteiger partial charge < -0.3 is 10.4 Å². The second-order valence-electron chi connectivity index (χ2n) is 4.94. The number of carboxylic acids is 1. The second kappa shape index (κ2) is 6.64. The van der Waals surface area contributed by atoms with Gasteiger partial charge in [0, 0.05) is 12.1 Å². The van der Waals surface area contributed by atoms with E-state index in [1.807, 2.05) is 0 Å². The Kier molecular flexibility index (Phi) is 4.83. The number of aryl methyl sites for hydroxylation is 1. The van der Waals surface area contributed by atoms with Crippen LogP contribution < -0.4 is 5.32 Å². The van der Waals surface area contributed by atoms with Crippen molar-refractivity contribution in [3.63, 3.8) is 0 Å². The van der Waals surface area contributed by atoms with Gasteiger partial charge in [0.15, 0.2) is 0 Å². The number of anilines is 1. The molecule has 122 valence electrons. The molecule has 0 amide bonds. The summed E-state index contributed by atoms with van der Waals surface area (Å²) in [6.07, 6.45) is -4.53. The first-order chi connectivity index (χ1) is 10.8. The van der Waals surface area contributed by atoms with Crippen LogP contribution in [0.2, 0.25) is 0 Å². The van der Waals surface area contributed by atoms with Gasteiger partial charge in [0.05, 0.1) is 0 Å². The van der Waals surface area contributed by atoms with E-state index in [2.05, 4.69) is 15.3 Å². The third-order valence-electron chi connectivity index (χ3n) is 3.03. The fourth-order valence-electron chi connectivity index (χ4n) is 1.98. The molecule has 0 saturated carbocycles. The van der Waals surface area contributed by atoms with E-state index in [1.165, 1.54) is 6.92 Å². The standard InChI is InChI=1S/C15H14F3N3O2/c1-9-7-12(15(16,17)18)21-14(19-9)20-11(13(22)23)8-10-5-3-2-4-6-10/h2-7,11H,8H2,1H3,(H,22,23)(H,19,20,21)/t11-/m1/s1. The monoisotopic (exact) mass is 325 g/mol. The molecule has 0 aliphatic rings. The highest BCUT2D eigenvalue weighted by Gasteiger charge is 2.33. The van der Waals surface area contributed by atoms with Crippen molar-refractivity contribution < 1.29 is 23.1 Å². The van der Waals surface area contributed by atoms with Gasteiger partial charge in [0.2, 0.25) is 5.95 Å². The van der Waals surface area contributed by atoms with Crippen molar-refractivity contribution >= 4 is 11.9 Å². The van der Waals surface area contributed by atoms with Crippen LogP contribution in [0, 0.1) is 6.92 Å². The third kappa shape index (κ3) is 4.67. The highest BCUT2D eigenvalue weighted by atomic mass is 19.4. The van der Waals surface area contributed by atoms with Crippen LogP contribution in [0.15, 0.2) is 36.4 Å². The molecule has 0 bridgehead atoms. The van der Waals surface area contributed by atoms with Crippen LogP contribution in [-0.2, 0) is 17.4 Å². The number of hydrogen-bond acceptors (Lipinski definition) is 4. The first-order valence-electron chi connectivity index (χ1n) is 6.72. The highest BCUT2D eigenvalue weighted by Crippen LogP contribution is 2.28. The number of aromatic nitrogens is 2. The van der Waals surface area contributed by atoms with Crippen LogP contribution >= 0.6 is 0 Å². The lowest BCUT2D eigenvalue weighted by Crippen LogP contribution is -2.32.